The van der Waals surface area contributed by atoms with Crippen LogP contribution in [0.4, 0.5) is 0 Å². The fourth-order valence-electron chi connectivity index (χ4n) is 11.5. The van der Waals surface area contributed by atoms with E-state index < -0.39 is 97.5 Å². The van der Waals surface area contributed by atoms with E-state index in [4.69, 9.17) is 37.0 Å². The zero-order chi connectivity index (χ0) is 70.1. The number of phosphoric ester groups is 2. The molecule has 0 spiro atoms. The predicted octanol–water partition coefficient (Wildman–Crippen LogP) is 22.2. The Morgan fingerprint density at radius 1 is 0.295 bits per heavy atom. The first kappa shape index (κ1) is 93.1. The molecule has 3 N–H and O–H groups in total. The van der Waals surface area contributed by atoms with Gasteiger partial charge in [-0.25, -0.2) is 9.13 Å². The molecule has 17 nitrogen and oxygen atoms in total. The van der Waals surface area contributed by atoms with Crippen LogP contribution in [0, 0.1) is 17.8 Å². The van der Waals surface area contributed by atoms with Crippen LogP contribution in [0.15, 0.2) is 0 Å². The smallest absolute Gasteiger partial charge is 0.462 e. The van der Waals surface area contributed by atoms with Gasteiger partial charge in [0.1, 0.15) is 19.3 Å². The van der Waals surface area contributed by atoms with Gasteiger partial charge in [-0.2, -0.15) is 0 Å². The predicted molar refractivity (Wildman–Crippen MR) is 386 cm³/mol. The third-order valence-electron chi connectivity index (χ3n) is 18.7. The first-order valence-corrected chi connectivity index (χ1v) is 42.5. The van der Waals surface area contributed by atoms with Crippen molar-refractivity contribution in [2.24, 2.45) is 17.8 Å². The second kappa shape index (κ2) is 66.6. The summed E-state index contributed by atoms with van der Waals surface area (Å²) in [5.41, 5.74) is 0. The van der Waals surface area contributed by atoms with E-state index in [1.807, 2.05) is 0 Å². The molecule has 0 bridgehead atoms. The van der Waals surface area contributed by atoms with Crippen molar-refractivity contribution in [3.63, 3.8) is 0 Å². The summed E-state index contributed by atoms with van der Waals surface area (Å²) in [4.78, 5) is 72.7. The van der Waals surface area contributed by atoms with Gasteiger partial charge in [0, 0.05) is 25.7 Å². The van der Waals surface area contributed by atoms with Crippen LogP contribution >= 0.6 is 15.6 Å². The highest BCUT2D eigenvalue weighted by molar-refractivity contribution is 7.47. The molecule has 0 radical (unpaired) electrons. The van der Waals surface area contributed by atoms with E-state index in [0.717, 1.165) is 108 Å². The topological polar surface area (TPSA) is 237 Å². The third-order valence-corrected chi connectivity index (χ3v) is 20.6. The van der Waals surface area contributed by atoms with Crippen LogP contribution in [0.2, 0.25) is 0 Å². The van der Waals surface area contributed by atoms with Crippen molar-refractivity contribution in [2.45, 2.75) is 407 Å². The lowest BCUT2D eigenvalue weighted by atomic mass is 9.99. The minimum atomic E-state index is -4.96. The Labute approximate surface area is 581 Å². The summed E-state index contributed by atoms with van der Waals surface area (Å²) < 4.78 is 68.4. The molecule has 0 fully saturated rings. The molecule has 0 amide bonds. The summed E-state index contributed by atoms with van der Waals surface area (Å²) in [5.74, 6) is 0.296. The highest BCUT2D eigenvalue weighted by atomic mass is 31.2. The number of aliphatic hydroxyl groups is 1. The van der Waals surface area contributed by atoms with Gasteiger partial charge in [0.25, 0.3) is 0 Å². The number of hydrogen-bond donors (Lipinski definition) is 3. The SMILES string of the molecule is CCCCCCCCCCCC(=O)OC[C@H](COP(=O)(O)OC[C@H](O)COP(=O)(O)OC[C@@H](COC(=O)CCCCCCCCCCC(C)CC)OC(=O)CCCCCCCCCCCCCCCCCCCCC(C)CC)OC(=O)CCCCCCCCCCC(C)CC. The number of esters is 4. The molecule has 0 aromatic rings. The Kier molecular flexibility index (Phi) is 65.2. The highest BCUT2D eigenvalue weighted by Crippen LogP contribution is 2.45. The monoisotopic (exact) mass is 1400 g/mol. The Hall–Kier alpha value is -1.94. The molecule has 19 heteroatoms. The van der Waals surface area contributed by atoms with Gasteiger partial charge in [-0.05, 0) is 43.4 Å². The number of phosphoric acid groups is 2. The summed E-state index contributed by atoms with van der Waals surface area (Å²) in [6, 6.07) is 0. The zero-order valence-electron chi connectivity index (χ0n) is 62.1. The van der Waals surface area contributed by atoms with Crippen molar-refractivity contribution in [1.29, 1.82) is 0 Å². The Morgan fingerprint density at radius 2 is 0.505 bits per heavy atom. The quantitative estimate of drug-likeness (QED) is 0.0222. The number of rotatable bonds is 74. The van der Waals surface area contributed by atoms with Gasteiger partial charge in [0.05, 0.1) is 26.4 Å². The van der Waals surface area contributed by atoms with Crippen LogP contribution in [0.3, 0.4) is 0 Å². The average Bonchev–Trinajstić information content (AvgIpc) is 1.55. The lowest BCUT2D eigenvalue weighted by molar-refractivity contribution is -0.161. The first-order valence-electron chi connectivity index (χ1n) is 39.5. The summed E-state index contributed by atoms with van der Waals surface area (Å²) in [6.07, 6.45) is 52.7. The molecule has 95 heavy (non-hydrogen) atoms. The van der Waals surface area contributed by atoms with E-state index in [-0.39, 0.29) is 25.7 Å². The maximum atomic E-state index is 13.1. The van der Waals surface area contributed by atoms with E-state index in [2.05, 4.69) is 48.5 Å². The molecule has 0 rings (SSSR count). The average molecular weight is 1400 g/mol. The minimum Gasteiger partial charge on any atom is -0.462 e. The Balaban J connectivity index is 5.18. The standard InChI is InChI=1S/C76H148O17P2/c1-8-12-13-14-15-26-36-43-50-57-73(78)86-63-72(93-76(81)60-53-46-39-32-30-35-42-49-56-69(7)11-4)66-91-95(84,85)89-62-70(77)61-88-94(82,83)90-65-71(64-87-74(79)58-51-44-37-31-29-34-41-48-55-68(6)10-3)92-75(80)59-52-45-38-28-25-23-21-19-17-16-18-20-22-24-27-33-40-47-54-67(5)9-2/h67-72,77H,8-66H2,1-7H3,(H,82,83)(H,84,85)/t67?,68?,69?,70-,71-,72-/m1/s1. The Morgan fingerprint density at radius 3 is 0.747 bits per heavy atom. The van der Waals surface area contributed by atoms with E-state index in [0.29, 0.717) is 25.7 Å². The molecule has 0 aromatic heterocycles. The van der Waals surface area contributed by atoms with Crippen molar-refractivity contribution in [3.05, 3.63) is 0 Å². The van der Waals surface area contributed by atoms with E-state index in [1.165, 1.54) is 199 Å². The maximum absolute atomic E-state index is 13.1. The van der Waals surface area contributed by atoms with Gasteiger partial charge in [-0.1, -0.05) is 337 Å². The molecule has 0 heterocycles. The largest absolute Gasteiger partial charge is 0.472 e. The van der Waals surface area contributed by atoms with Crippen molar-refractivity contribution in [2.75, 3.05) is 39.6 Å². The lowest BCUT2D eigenvalue weighted by Crippen LogP contribution is -2.30. The number of carbonyl (C=O) groups is 4. The van der Waals surface area contributed by atoms with E-state index in [9.17, 15) is 43.2 Å². The zero-order valence-corrected chi connectivity index (χ0v) is 63.9. The fraction of sp³-hybridized carbons (Fsp3) is 0.947. The molecule has 5 unspecified atom stereocenters. The molecule has 0 aliphatic heterocycles. The van der Waals surface area contributed by atoms with Gasteiger partial charge in [0.2, 0.25) is 0 Å². The molecule has 0 saturated carbocycles. The first-order chi connectivity index (χ1) is 45.8. The maximum Gasteiger partial charge on any atom is 0.472 e. The number of ether oxygens (including phenoxy) is 4. The van der Waals surface area contributed by atoms with Crippen LogP contribution in [0.5, 0.6) is 0 Å². The fourth-order valence-corrected chi connectivity index (χ4v) is 13.1. The third kappa shape index (κ3) is 66.4. The van der Waals surface area contributed by atoms with E-state index in [1.54, 1.807) is 0 Å². The summed E-state index contributed by atoms with van der Waals surface area (Å²) in [5, 5.41) is 10.6. The number of aliphatic hydroxyl groups excluding tert-OH is 1. The summed E-state index contributed by atoms with van der Waals surface area (Å²) in [6.45, 7) is 11.9. The van der Waals surface area contributed by atoms with Crippen LogP contribution in [-0.2, 0) is 65.4 Å². The van der Waals surface area contributed by atoms with Crippen molar-refractivity contribution < 1.29 is 80.2 Å². The summed E-state index contributed by atoms with van der Waals surface area (Å²) >= 11 is 0. The molecule has 0 aliphatic rings. The molecule has 564 valence electrons. The highest BCUT2D eigenvalue weighted by Gasteiger charge is 2.30. The van der Waals surface area contributed by atoms with Gasteiger partial charge in [0.15, 0.2) is 12.2 Å². The minimum absolute atomic E-state index is 0.105. The Bertz CT molecular complexity index is 1860. The van der Waals surface area contributed by atoms with Gasteiger partial charge >= 0.3 is 39.5 Å². The van der Waals surface area contributed by atoms with Crippen LogP contribution < -0.4 is 0 Å². The van der Waals surface area contributed by atoms with Crippen molar-refractivity contribution in [1.82, 2.24) is 0 Å². The number of carbonyl (C=O) groups excluding carboxylic acids is 4. The van der Waals surface area contributed by atoms with Crippen molar-refractivity contribution in [3.8, 4) is 0 Å². The second-order valence-corrected chi connectivity index (χ2v) is 31.0. The normalized spacial score (nSPS) is 14.9. The van der Waals surface area contributed by atoms with Crippen LogP contribution in [-0.4, -0.2) is 96.7 Å². The number of unbranched alkanes of at least 4 members (excludes halogenated alkanes) is 39. The van der Waals surface area contributed by atoms with E-state index >= 15 is 0 Å². The molecule has 0 saturated heterocycles. The number of hydrogen-bond acceptors (Lipinski definition) is 15. The van der Waals surface area contributed by atoms with Gasteiger partial charge in [-0.3, -0.25) is 37.3 Å². The molecular weight excluding hydrogens is 1250 g/mol. The molecule has 0 aromatic carbocycles. The van der Waals surface area contributed by atoms with Crippen LogP contribution in [0.1, 0.15) is 389 Å². The lowest BCUT2D eigenvalue weighted by Gasteiger charge is -2.21. The second-order valence-electron chi connectivity index (χ2n) is 28.1. The molecule has 8 atom stereocenters. The summed E-state index contributed by atoms with van der Waals surface area (Å²) in [7, 11) is -9.91. The van der Waals surface area contributed by atoms with Crippen molar-refractivity contribution >= 4 is 39.5 Å². The van der Waals surface area contributed by atoms with Crippen LogP contribution in [0.25, 0.3) is 0 Å². The van der Waals surface area contributed by atoms with Gasteiger partial charge < -0.3 is 33.8 Å². The van der Waals surface area contributed by atoms with Gasteiger partial charge in [-0.15, -0.1) is 0 Å². The molecule has 0 aliphatic carbocycles. The molecular formula is C76H148O17P2.